The minimum atomic E-state index is -0.725. The van der Waals surface area contributed by atoms with Crippen molar-refractivity contribution in [2.24, 2.45) is 4.99 Å². The lowest BCUT2D eigenvalue weighted by molar-refractivity contribution is -0.0465. The van der Waals surface area contributed by atoms with E-state index in [1.165, 1.54) is 29.7 Å². The number of rotatable bonds is 10. The Morgan fingerprint density at radius 1 is 1.28 bits per heavy atom. The van der Waals surface area contributed by atoms with Gasteiger partial charge in [0.25, 0.3) is 0 Å². The monoisotopic (exact) mass is 626 g/mol. The number of nitrogens with one attached hydrogen (secondary N) is 1. The quantitative estimate of drug-likeness (QED) is 0.118. The first kappa shape index (κ1) is 30.2. The largest absolute Gasteiger partial charge is 0.495 e. The molecule has 2 N–H and O–H groups in total. The maximum Gasteiger partial charge on any atom is 0.412 e. The number of carbonyl (C=O) groups excluding carboxylic acids is 1. The number of fused-ring (bicyclic) bond motifs is 2. The summed E-state index contributed by atoms with van der Waals surface area (Å²) in [4.78, 5) is 25.7. The summed E-state index contributed by atoms with van der Waals surface area (Å²) < 4.78 is 37.7. The summed E-state index contributed by atoms with van der Waals surface area (Å²) in [7, 11) is 1.57. The topological polar surface area (TPSA) is 124 Å². The van der Waals surface area contributed by atoms with Crippen LogP contribution in [0.5, 0.6) is 11.5 Å². The molecule has 0 radical (unpaired) electrons. The fourth-order valence-electron chi connectivity index (χ4n) is 4.29. The van der Waals surface area contributed by atoms with Crippen LogP contribution in [0.3, 0.4) is 0 Å². The molecular formula is C30H28ClFN4O6S. The molecule has 0 saturated heterocycles. The Balaban J connectivity index is 1.28. The lowest BCUT2D eigenvalue weighted by Gasteiger charge is -2.35. The highest BCUT2D eigenvalue weighted by atomic mass is 35.5. The first-order valence-electron chi connectivity index (χ1n) is 13.3. The summed E-state index contributed by atoms with van der Waals surface area (Å²) in [6, 6.07) is 8.34. The van der Waals surface area contributed by atoms with E-state index in [0.717, 1.165) is 10.9 Å². The highest BCUT2D eigenvalue weighted by Gasteiger charge is 2.37. The standard InChI is InChI=1S/C30H28ClFN4O6S/c1-4-19(14-33-16(2)40-8-7-37)35-30(38)42-25-6-5-24(25)41-26-13-27-23(12-22(26)32)36-29(43-27)21-11-18(31)9-17-10-20(39-3)15-34-28(17)21/h4,9-15,24-25,37H,1,5-8H2,2-3H3,(H,35,38)/b19-14+,33-16?. The van der Waals surface area contributed by atoms with Gasteiger partial charge < -0.3 is 24.1 Å². The van der Waals surface area contributed by atoms with Gasteiger partial charge in [0.2, 0.25) is 0 Å². The number of carbonyl (C=O) groups is 1. The van der Waals surface area contributed by atoms with E-state index in [1.807, 2.05) is 6.07 Å². The van der Waals surface area contributed by atoms with Crippen molar-refractivity contribution in [1.82, 2.24) is 15.3 Å². The van der Waals surface area contributed by atoms with Crippen LogP contribution in [-0.2, 0) is 9.47 Å². The molecule has 0 bridgehead atoms. The van der Waals surface area contributed by atoms with Crippen molar-refractivity contribution in [2.75, 3.05) is 20.3 Å². The number of aliphatic hydroxyl groups excluding tert-OH is 1. The number of aromatic nitrogens is 2. The molecule has 1 saturated carbocycles. The van der Waals surface area contributed by atoms with Crippen molar-refractivity contribution < 1.29 is 33.2 Å². The van der Waals surface area contributed by atoms with E-state index in [9.17, 15) is 4.79 Å². The number of aliphatic imine (C=N–C) groups is 1. The van der Waals surface area contributed by atoms with Crippen molar-refractivity contribution in [3.05, 3.63) is 71.9 Å². The summed E-state index contributed by atoms with van der Waals surface area (Å²) in [5.74, 6) is 0.375. The Morgan fingerprint density at radius 3 is 2.81 bits per heavy atom. The van der Waals surface area contributed by atoms with E-state index in [1.54, 1.807) is 38.4 Å². The molecular weight excluding hydrogens is 599 g/mol. The third-order valence-electron chi connectivity index (χ3n) is 6.57. The van der Waals surface area contributed by atoms with Crippen LogP contribution in [0.4, 0.5) is 9.18 Å². The number of pyridine rings is 1. The number of methoxy groups -OCH3 is 1. The maximum absolute atomic E-state index is 15.1. The van der Waals surface area contributed by atoms with Crippen molar-refractivity contribution in [1.29, 1.82) is 0 Å². The smallest absolute Gasteiger partial charge is 0.412 e. The molecule has 2 unspecified atom stereocenters. The molecule has 2 aromatic heterocycles. The van der Waals surface area contributed by atoms with E-state index < -0.39 is 24.1 Å². The molecule has 4 aromatic rings. The van der Waals surface area contributed by atoms with Gasteiger partial charge in [-0.05, 0) is 37.1 Å². The number of thiazole rings is 1. The number of halogens is 2. The van der Waals surface area contributed by atoms with Gasteiger partial charge in [0.05, 0.1) is 47.5 Å². The van der Waals surface area contributed by atoms with Crippen LogP contribution in [0.1, 0.15) is 19.8 Å². The van der Waals surface area contributed by atoms with Gasteiger partial charge in [-0.25, -0.2) is 19.2 Å². The van der Waals surface area contributed by atoms with Gasteiger partial charge >= 0.3 is 6.09 Å². The molecule has 2 heterocycles. The fraction of sp³-hybridized carbons (Fsp3) is 0.267. The normalized spacial score (nSPS) is 17.0. The van der Waals surface area contributed by atoms with Crippen LogP contribution >= 0.6 is 22.9 Å². The summed E-state index contributed by atoms with van der Waals surface area (Å²) in [6.07, 6.45) is 3.69. The molecule has 0 aliphatic heterocycles. The van der Waals surface area contributed by atoms with E-state index in [2.05, 4.69) is 26.9 Å². The highest BCUT2D eigenvalue weighted by Crippen LogP contribution is 2.39. The molecule has 1 aliphatic carbocycles. The predicted molar refractivity (Wildman–Crippen MR) is 163 cm³/mol. The average Bonchev–Trinajstić information content (AvgIpc) is 3.40. The minimum Gasteiger partial charge on any atom is -0.495 e. The molecule has 1 aliphatic rings. The van der Waals surface area contributed by atoms with E-state index in [4.69, 9.17) is 35.7 Å². The van der Waals surface area contributed by atoms with Gasteiger partial charge in [-0.15, -0.1) is 11.3 Å². The molecule has 1 amide bonds. The van der Waals surface area contributed by atoms with Crippen LogP contribution in [-0.4, -0.2) is 59.6 Å². The minimum absolute atomic E-state index is 0.0413. The zero-order chi connectivity index (χ0) is 30.5. The summed E-state index contributed by atoms with van der Waals surface area (Å²) in [5, 5.41) is 13.3. The first-order valence-corrected chi connectivity index (χ1v) is 14.5. The number of alkyl carbamates (subject to hydrolysis) is 1. The number of benzene rings is 2. The Morgan fingerprint density at radius 2 is 2.09 bits per heavy atom. The molecule has 13 heteroatoms. The number of aliphatic hydroxyl groups is 1. The number of hydrogen-bond acceptors (Lipinski definition) is 10. The van der Waals surface area contributed by atoms with Gasteiger partial charge in [0.1, 0.15) is 29.6 Å². The van der Waals surface area contributed by atoms with Crippen molar-refractivity contribution >= 4 is 56.0 Å². The molecule has 224 valence electrons. The molecule has 43 heavy (non-hydrogen) atoms. The third kappa shape index (κ3) is 7.04. The van der Waals surface area contributed by atoms with Crippen molar-refractivity contribution in [3.8, 4) is 22.1 Å². The highest BCUT2D eigenvalue weighted by molar-refractivity contribution is 7.21. The Hall–Kier alpha value is -4.26. The molecule has 5 rings (SSSR count). The Kier molecular flexibility index (Phi) is 9.39. The SMILES string of the molecule is C=C/C(=C\N=C(C)OCCO)NC(=O)OC1CCC1Oc1cc2sc(-c3cc(Cl)cc4cc(OC)cnc34)nc2cc1F. The van der Waals surface area contributed by atoms with Crippen LogP contribution in [0.2, 0.25) is 5.02 Å². The van der Waals surface area contributed by atoms with Gasteiger partial charge in [0.15, 0.2) is 17.5 Å². The van der Waals surface area contributed by atoms with Crippen LogP contribution in [0.25, 0.3) is 31.7 Å². The first-order chi connectivity index (χ1) is 20.8. The Bertz CT molecular complexity index is 1740. The van der Waals surface area contributed by atoms with Gasteiger partial charge in [-0.1, -0.05) is 18.2 Å². The second-order valence-electron chi connectivity index (χ2n) is 9.48. The summed E-state index contributed by atoms with van der Waals surface area (Å²) >= 11 is 7.75. The third-order valence-corrected chi connectivity index (χ3v) is 7.84. The second-order valence-corrected chi connectivity index (χ2v) is 10.9. The number of hydrogen-bond donors (Lipinski definition) is 2. The van der Waals surface area contributed by atoms with E-state index in [-0.39, 0.29) is 24.7 Å². The number of nitrogens with zero attached hydrogens (tertiary/aromatic N) is 3. The lowest BCUT2D eigenvalue weighted by atomic mass is 9.92. The lowest BCUT2D eigenvalue weighted by Crippen LogP contribution is -2.46. The number of ether oxygens (including phenoxy) is 4. The van der Waals surface area contributed by atoms with E-state index >= 15 is 4.39 Å². The Labute approximate surface area is 255 Å². The second kappa shape index (κ2) is 13.4. The molecule has 0 spiro atoms. The number of allylic oxidation sites excluding steroid dienone is 1. The van der Waals surface area contributed by atoms with Crippen molar-refractivity contribution in [3.63, 3.8) is 0 Å². The molecule has 2 aromatic carbocycles. The fourth-order valence-corrected chi connectivity index (χ4v) is 5.51. The zero-order valence-electron chi connectivity index (χ0n) is 23.3. The van der Waals surface area contributed by atoms with Crippen LogP contribution in [0, 0.1) is 5.82 Å². The van der Waals surface area contributed by atoms with Gasteiger partial charge in [-0.3, -0.25) is 10.3 Å². The van der Waals surface area contributed by atoms with Gasteiger partial charge in [-0.2, -0.15) is 0 Å². The zero-order valence-corrected chi connectivity index (χ0v) is 24.9. The maximum atomic E-state index is 15.1. The molecule has 10 nitrogen and oxygen atoms in total. The van der Waals surface area contributed by atoms with Crippen LogP contribution < -0.4 is 14.8 Å². The number of amides is 1. The molecule has 1 fully saturated rings. The van der Waals surface area contributed by atoms with Crippen molar-refractivity contribution in [2.45, 2.75) is 32.0 Å². The van der Waals surface area contributed by atoms with Gasteiger partial charge in [0, 0.05) is 35.0 Å². The summed E-state index contributed by atoms with van der Waals surface area (Å²) in [6.45, 7) is 5.22. The van der Waals surface area contributed by atoms with E-state index in [0.29, 0.717) is 50.3 Å². The van der Waals surface area contributed by atoms with Crippen LogP contribution in [0.15, 0.2) is 66.1 Å². The summed E-state index contributed by atoms with van der Waals surface area (Å²) in [5.41, 5.74) is 2.17. The predicted octanol–water partition coefficient (Wildman–Crippen LogP) is 6.40. The average molecular weight is 627 g/mol. The molecule has 2 atom stereocenters.